The van der Waals surface area contributed by atoms with Crippen molar-refractivity contribution < 1.29 is 8.78 Å². The van der Waals surface area contributed by atoms with Crippen LogP contribution in [0, 0.1) is 25.5 Å². The Morgan fingerprint density at radius 1 is 1.14 bits per heavy atom. The Balaban J connectivity index is 2.35. The van der Waals surface area contributed by atoms with Crippen LogP contribution in [-0.4, -0.2) is 0 Å². The molecule has 2 aromatic rings. The number of nitrogens with two attached hydrogens (primary N) is 1. The monoisotopic (exact) mass is 354 g/mol. The van der Waals surface area contributed by atoms with Crippen molar-refractivity contribution in [2.24, 2.45) is 5.84 Å². The zero-order valence-electron chi connectivity index (χ0n) is 11.9. The van der Waals surface area contributed by atoms with Gasteiger partial charge in [-0.1, -0.05) is 18.2 Å². The maximum Gasteiger partial charge on any atom is 0.143 e. The summed E-state index contributed by atoms with van der Waals surface area (Å²) >= 11 is 3.08. The van der Waals surface area contributed by atoms with Crippen molar-refractivity contribution in [3.8, 4) is 0 Å². The maximum atomic E-state index is 14.1. The number of aryl methyl sites for hydroxylation is 2. The van der Waals surface area contributed by atoms with E-state index < -0.39 is 11.6 Å². The minimum absolute atomic E-state index is 0.0190. The van der Waals surface area contributed by atoms with Gasteiger partial charge in [-0.2, -0.15) is 0 Å². The highest BCUT2D eigenvalue weighted by Gasteiger charge is 2.18. The van der Waals surface area contributed by atoms with E-state index in [2.05, 4.69) is 21.4 Å². The zero-order valence-corrected chi connectivity index (χ0v) is 13.5. The minimum atomic E-state index is -0.584. The van der Waals surface area contributed by atoms with Gasteiger partial charge in [-0.05, 0) is 65.0 Å². The van der Waals surface area contributed by atoms with Gasteiger partial charge in [0.1, 0.15) is 11.6 Å². The average Bonchev–Trinajstić information content (AvgIpc) is 2.47. The summed E-state index contributed by atoms with van der Waals surface area (Å²) in [6.45, 7) is 4.00. The summed E-state index contributed by atoms with van der Waals surface area (Å²) in [5.74, 6) is 4.42. The molecule has 0 radical (unpaired) electrons. The van der Waals surface area contributed by atoms with E-state index >= 15 is 0 Å². The molecule has 1 unspecified atom stereocenters. The van der Waals surface area contributed by atoms with Crippen LogP contribution in [0.5, 0.6) is 0 Å². The molecule has 1 atom stereocenters. The van der Waals surface area contributed by atoms with E-state index in [0.717, 1.165) is 16.7 Å². The van der Waals surface area contributed by atoms with Gasteiger partial charge in [0.2, 0.25) is 0 Å². The van der Waals surface area contributed by atoms with Crippen LogP contribution in [0.1, 0.15) is 28.3 Å². The lowest BCUT2D eigenvalue weighted by molar-refractivity contribution is 0.497. The summed E-state index contributed by atoms with van der Waals surface area (Å²) in [6, 6.07) is 8.12. The van der Waals surface area contributed by atoms with E-state index in [1.54, 1.807) is 0 Å². The molecule has 0 fully saturated rings. The predicted molar refractivity (Wildman–Crippen MR) is 83.7 cm³/mol. The van der Waals surface area contributed by atoms with Crippen molar-refractivity contribution in [2.45, 2.75) is 26.3 Å². The Morgan fingerprint density at radius 3 is 2.48 bits per heavy atom. The van der Waals surface area contributed by atoms with Crippen molar-refractivity contribution in [3.05, 3.63) is 68.7 Å². The van der Waals surface area contributed by atoms with E-state index in [9.17, 15) is 8.78 Å². The molecule has 0 aromatic heterocycles. The molecule has 0 aliphatic heterocycles. The summed E-state index contributed by atoms with van der Waals surface area (Å²) in [5.41, 5.74) is 5.84. The molecule has 0 heterocycles. The van der Waals surface area contributed by atoms with Gasteiger partial charge < -0.3 is 0 Å². The standard InChI is InChI=1S/C16H17BrF2N2/c1-9-3-4-11(7-10(9)2)15(21-20)8-12-14(18)6-5-13(17)16(12)19/h3-7,15,21H,8,20H2,1-2H3. The first kappa shape index (κ1) is 16.1. The maximum absolute atomic E-state index is 14.1. The lowest BCUT2D eigenvalue weighted by Crippen LogP contribution is -2.30. The second-order valence-corrected chi connectivity index (χ2v) is 5.94. The Labute approximate surface area is 131 Å². The second-order valence-electron chi connectivity index (χ2n) is 5.09. The van der Waals surface area contributed by atoms with Gasteiger partial charge in [0.15, 0.2) is 0 Å². The first-order valence-electron chi connectivity index (χ1n) is 6.59. The Morgan fingerprint density at radius 2 is 1.86 bits per heavy atom. The van der Waals surface area contributed by atoms with E-state index in [1.165, 1.54) is 12.1 Å². The first-order chi connectivity index (χ1) is 9.93. The fraction of sp³-hybridized carbons (Fsp3) is 0.250. The van der Waals surface area contributed by atoms with Crippen molar-refractivity contribution in [3.63, 3.8) is 0 Å². The highest BCUT2D eigenvalue weighted by Crippen LogP contribution is 2.27. The zero-order chi connectivity index (χ0) is 15.6. The molecule has 0 bridgehead atoms. The van der Waals surface area contributed by atoms with Crippen LogP contribution >= 0.6 is 15.9 Å². The molecule has 0 saturated heterocycles. The molecule has 3 N–H and O–H groups in total. The molecule has 0 spiro atoms. The summed E-state index contributed by atoms with van der Waals surface area (Å²) in [7, 11) is 0. The third-order valence-electron chi connectivity index (χ3n) is 3.68. The van der Waals surface area contributed by atoms with E-state index in [-0.39, 0.29) is 22.5 Å². The number of halogens is 3. The Hall–Kier alpha value is -1.30. The second kappa shape index (κ2) is 6.64. The Kier molecular flexibility index (Phi) is 5.08. The normalized spacial score (nSPS) is 12.5. The van der Waals surface area contributed by atoms with Gasteiger partial charge in [0.25, 0.3) is 0 Å². The third kappa shape index (κ3) is 3.48. The number of hydrogen-bond donors (Lipinski definition) is 2. The lowest BCUT2D eigenvalue weighted by atomic mass is 9.96. The van der Waals surface area contributed by atoms with Crippen LogP contribution < -0.4 is 11.3 Å². The number of benzene rings is 2. The van der Waals surface area contributed by atoms with Crippen molar-refractivity contribution in [1.29, 1.82) is 0 Å². The van der Waals surface area contributed by atoms with Gasteiger partial charge in [0.05, 0.1) is 10.5 Å². The molecule has 0 aliphatic carbocycles. The SMILES string of the molecule is Cc1ccc(C(Cc2c(F)ccc(Br)c2F)NN)cc1C. The first-order valence-corrected chi connectivity index (χ1v) is 7.39. The molecular formula is C16H17BrF2N2. The fourth-order valence-corrected chi connectivity index (χ4v) is 2.59. The molecular weight excluding hydrogens is 338 g/mol. The predicted octanol–water partition coefficient (Wildman–Crippen LogP) is 4.09. The number of nitrogens with one attached hydrogen (secondary N) is 1. The summed E-state index contributed by atoms with van der Waals surface area (Å²) in [4.78, 5) is 0. The number of hydrogen-bond acceptors (Lipinski definition) is 2. The summed E-state index contributed by atoms with van der Waals surface area (Å²) in [6.07, 6.45) is 0.135. The van der Waals surface area contributed by atoms with Crippen molar-refractivity contribution >= 4 is 15.9 Å². The molecule has 0 amide bonds. The van der Waals surface area contributed by atoms with Crippen LogP contribution in [-0.2, 0) is 6.42 Å². The molecule has 0 aliphatic rings. The van der Waals surface area contributed by atoms with Crippen molar-refractivity contribution in [1.82, 2.24) is 5.43 Å². The lowest BCUT2D eigenvalue weighted by Gasteiger charge is -2.18. The van der Waals surface area contributed by atoms with E-state index in [4.69, 9.17) is 5.84 Å². The number of hydrazine groups is 1. The molecule has 112 valence electrons. The van der Waals surface area contributed by atoms with E-state index in [0.29, 0.717) is 0 Å². The molecule has 2 aromatic carbocycles. The third-order valence-corrected chi connectivity index (χ3v) is 4.29. The van der Waals surface area contributed by atoms with Crippen LogP contribution in [0.4, 0.5) is 8.78 Å². The van der Waals surface area contributed by atoms with Gasteiger partial charge in [-0.3, -0.25) is 11.3 Å². The molecule has 0 saturated carbocycles. The van der Waals surface area contributed by atoms with Gasteiger partial charge in [-0.15, -0.1) is 0 Å². The van der Waals surface area contributed by atoms with Crippen LogP contribution in [0.25, 0.3) is 0 Å². The largest absolute Gasteiger partial charge is 0.271 e. The highest BCUT2D eigenvalue weighted by atomic mass is 79.9. The van der Waals surface area contributed by atoms with Crippen LogP contribution in [0.2, 0.25) is 0 Å². The highest BCUT2D eigenvalue weighted by molar-refractivity contribution is 9.10. The smallest absolute Gasteiger partial charge is 0.143 e. The van der Waals surface area contributed by atoms with Crippen molar-refractivity contribution in [2.75, 3.05) is 0 Å². The van der Waals surface area contributed by atoms with Gasteiger partial charge >= 0.3 is 0 Å². The summed E-state index contributed by atoms with van der Waals surface area (Å²) < 4.78 is 28.2. The number of rotatable bonds is 4. The quantitative estimate of drug-likeness (QED) is 0.493. The summed E-state index contributed by atoms with van der Waals surface area (Å²) in [5, 5.41) is 0. The van der Waals surface area contributed by atoms with Crippen LogP contribution in [0.15, 0.2) is 34.8 Å². The molecule has 2 nitrogen and oxygen atoms in total. The topological polar surface area (TPSA) is 38.0 Å². The molecule has 5 heteroatoms. The van der Waals surface area contributed by atoms with E-state index in [1.807, 2.05) is 32.0 Å². The minimum Gasteiger partial charge on any atom is -0.271 e. The van der Waals surface area contributed by atoms with Crippen LogP contribution in [0.3, 0.4) is 0 Å². The average molecular weight is 355 g/mol. The molecule has 2 rings (SSSR count). The fourth-order valence-electron chi connectivity index (χ4n) is 2.21. The Bertz CT molecular complexity index is 659. The molecule has 21 heavy (non-hydrogen) atoms. The van der Waals surface area contributed by atoms with Gasteiger partial charge in [0, 0.05) is 5.56 Å². The van der Waals surface area contributed by atoms with Gasteiger partial charge in [-0.25, -0.2) is 8.78 Å².